The van der Waals surface area contributed by atoms with Crippen LogP contribution in [0.1, 0.15) is 32.6 Å². The number of amides is 2. The van der Waals surface area contributed by atoms with Crippen LogP contribution in [0.5, 0.6) is 5.75 Å². The first-order valence-corrected chi connectivity index (χ1v) is 9.91. The number of hydrogen-bond acceptors (Lipinski definition) is 4. The van der Waals surface area contributed by atoms with Gasteiger partial charge in [0.2, 0.25) is 0 Å². The number of anilines is 1. The van der Waals surface area contributed by atoms with Crippen molar-refractivity contribution in [3.63, 3.8) is 0 Å². The van der Waals surface area contributed by atoms with Gasteiger partial charge in [-0.25, -0.2) is 5.43 Å². The smallest absolute Gasteiger partial charge is 0.271 e. The van der Waals surface area contributed by atoms with Gasteiger partial charge in [0.15, 0.2) is 6.61 Å². The topological polar surface area (TPSA) is 79.8 Å². The number of hydrazone groups is 1. The molecule has 0 fully saturated rings. The number of rotatable bonds is 7. The van der Waals surface area contributed by atoms with Gasteiger partial charge in [-0.3, -0.25) is 9.59 Å². The number of ether oxygens (including phenoxy) is 1. The summed E-state index contributed by atoms with van der Waals surface area (Å²) in [5.41, 5.74) is 8.08. The molecule has 2 amide bonds. The Morgan fingerprint density at radius 3 is 2.23 bits per heavy atom. The molecule has 0 atom stereocenters. The Morgan fingerprint density at radius 2 is 1.58 bits per heavy atom. The number of carbonyl (C=O) groups excluding carboxylic acids is 2. The summed E-state index contributed by atoms with van der Waals surface area (Å²) >= 11 is 0. The third-order valence-electron chi connectivity index (χ3n) is 4.64. The summed E-state index contributed by atoms with van der Waals surface area (Å²) in [5.74, 6) is -0.0924. The highest BCUT2D eigenvalue weighted by Crippen LogP contribution is 2.15. The standard InChI is InChI=1S/C25H25N3O3/c1-17-13-18(2)23(19(3)14-17)15-26-28-25(30)20-9-11-22(12-10-20)31-16-24(29)27-21-7-5-4-6-8-21/h4-15H,16H2,1-3H3,(H,27,29)(H,28,30)/b26-15+. The molecule has 0 aromatic heterocycles. The molecule has 0 saturated carbocycles. The van der Waals surface area contributed by atoms with Crippen LogP contribution in [0.2, 0.25) is 0 Å². The van der Waals surface area contributed by atoms with Crippen LogP contribution in [0.4, 0.5) is 5.69 Å². The van der Waals surface area contributed by atoms with Gasteiger partial charge < -0.3 is 10.1 Å². The Kier molecular flexibility index (Phi) is 7.17. The lowest BCUT2D eigenvalue weighted by Gasteiger charge is -2.08. The number of para-hydroxylation sites is 1. The third-order valence-corrected chi connectivity index (χ3v) is 4.64. The molecule has 3 aromatic carbocycles. The van der Waals surface area contributed by atoms with Crippen molar-refractivity contribution in [1.29, 1.82) is 0 Å². The first kappa shape index (κ1) is 21.8. The number of nitrogens with zero attached hydrogens (tertiary/aromatic N) is 1. The average molecular weight is 415 g/mol. The minimum absolute atomic E-state index is 0.125. The fourth-order valence-corrected chi connectivity index (χ4v) is 3.18. The molecule has 2 N–H and O–H groups in total. The normalized spacial score (nSPS) is 10.7. The molecule has 6 heteroatoms. The van der Waals surface area contributed by atoms with Gasteiger partial charge in [-0.05, 0) is 68.3 Å². The van der Waals surface area contributed by atoms with Crippen LogP contribution in [0, 0.1) is 20.8 Å². The van der Waals surface area contributed by atoms with Crippen molar-refractivity contribution in [2.45, 2.75) is 20.8 Å². The number of hydrogen-bond donors (Lipinski definition) is 2. The Balaban J connectivity index is 1.51. The van der Waals surface area contributed by atoms with Crippen LogP contribution in [-0.2, 0) is 4.79 Å². The molecule has 158 valence electrons. The molecule has 0 aliphatic heterocycles. The van der Waals surface area contributed by atoms with E-state index in [2.05, 4.69) is 28.0 Å². The molecule has 0 radical (unpaired) electrons. The minimum atomic E-state index is -0.327. The van der Waals surface area contributed by atoms with Crippen molar-refractivity contribution < 1.29 is 14.3 Å². The van der Waals surface area contributed by atoms with E-state index in [1.165, 1.54) is 5.56 Å². The van der Waals surface area contributed by atoms with Crippen LogP contribution in [0.25, 0.3) is 0 Å². The van der Waals surface area contributed by atoms with E-state index in [0.29, 0.717) is 17.0 Å². The summed E-state index contributed by atoms with van der Waals surface area (Å²) in [4.78, 5) is 24.3. The molecule has 0 aliphatic carbocycles. The van der Waals surface area contributed by atoms with E-state index in [9.17, 15) is 9.59 Å². The Labute approximate surface area is 182 Å². The van der Waals surface area contributed by atoms with Crippen molar-refractivity contribution in [2.24, 2.45) is 5.10 Å². The lowest BCUT2D eigenvalue weighted by molar-refractivity contribution is -0.118. The monoisotopic (exact) mass is 415 g/mol. The Morgan fingerprint density at radius 1 is 0.935 bits per heavy atom. The van der Waals surface area contributed by atoms with Gasteiger partial charge in [-0.15, -0.1) is 0 Å². The van der Waals surface area contributed by atoms with Crippen molar-refractivity contribution in [1.82, 2.24) is 5.43 Å². The first-order valence-electron chi connectivity index (χ1n) is 9.91. The van der Waals surface area contributed by atoms with E-state index >= 15 is 0 Å². The van der Waals surface area contributed by atoms with Crippen molar-refractivity contribution in [3.05, 3.63) is 94.5 Å². The lowest BCUT2D eigenvalue weighted by atomic mass is 10.0. The van der Waals surface area contributed by atoms with Gasteiger partial charge in [0, 0.05) is 16.8 Å². The minimum Gasteiger partial charge on any atom is -0.484 e. The molecule has 0 spiro atoms. The number of nitrogens with one attached hydrogen (secondary N) is 2. The maximum Gasteiger partial charge on any atom is 0.271 e. The summed E-state index contributed by atoms with van der Waals surface area (Å²) in [6.45, 7) is 5.95. The summed E-state index contributed by atoms with van der Waals surface area (Å²) in [7, 11) is 0. The maximum absolute atomic E-state index is 12.3. The molecular weight excluding hydrogens is 390 g/mol. The average Bonchev–Trinajstić information content (AvgIpc) is 2.75. The Bertz CT molecular complexity index is 1070. The van der Waals surface area contributed by atoms with Crippen molar-refractivity contribution >= 4 is 23.7 Å². The Hall–Kier alpha value is -3.93. The van der Waals surface area contributed by atoms with Gasteiger partial charge in [0.25, 0.3) is 11.8 Å². The van der Waals surface area contributed by atoms with Crippen LogP contribution in [-0.4, -0.2) is 24.6 Å². The summed E-state index contributed by atoms with van der Waals surface area (Å²) in [5, 5.41) is 6.83. The van der Waals surface area contributed by atoms with E-state index in [1.807, 2.05) is 39.0 Å². The summed E-state index contributed by atoms with van der Waals surface area (Å²) in [6, 6.07) is 19.8. The zero-order valence-electron chi connectivity index (χ0n) is 17.8. The molecule has 31 heavy (non-hydrogen) atoms. The highest BCUT2D eigenvalue weighted by Gasteiger charge is 2.07. The molecule has 0 heterocycles. The predicted molar refractivity (Wildman–Crippen MR) is 123 cm³/mol. The third kappa shape index (κ3) is 6.27. The van der Waals surface area contributed by atoms with Crippen molar-refractivity contribution in [3.8, 4) is 5.75 Å². The second-order valence-electron chi connectivity index (χ2n) is 7.24. The number of aryl methyl sites for hydroxylation is 3. The first-order chi connectivity index (χ1) is 14.9. The van der Waals surface area contributed by atoms with E-state index in [1.54, 1.807) is 42.6 Å². The van der Waals surface area contributed by atoms with E-state index in [4.69, 9.17) is 4.74 Å². The lowest BCUT2D eigenvalue weighted by Crippen LogP contribution is -2.20. The highest BCUT2D eigenvalue weighted by molar-refractivity contribution is 5.95. The molecule has 0 saturated heterocycles. The van der Waals surface area contributed by atoms with E-state index in [-0.39, 0.29) is 18.4 Å². The zero-order valence-corrected chi connectivity index (χ0v) is 17.8. The SMILES string of the molecule is Cc1cc(C)c(/C=N/NC(=O)c2ccc(OCC(=O)Nc3ccccc3)cc2)c(C)c1. The fraction of sp³-hybridized carbons (Fsp3) is 0.160. The van der Waals surface area contributed by atoms with Crippen LogP contribution < -0.4 is 15.5 Å². The van der Waals surface area contributed by atoms with Gasteiger partial charge in [0.05, 0.1) is 6.21 Å². The molecule has 0 unspecified atom stereocenters. The second kappa shape index (κ2) is 10.2. The van der Waals surface area contributed by atoms with Crippen LogP contribution >= 0.6 is 0 Å². The summed E-state index contributed by atoms with van der Waals surface area (Å²) < 4.78 is 5.48. The van der Waals surface area contributed by atoms with Gasteiger partial charge >= 0.3 is 0 Å². The quantitative estimate of drug-likeness (QED) is 0.444. The van der Waals surface area contributed by atoms with Gasteiger partial charge in [-0.1, -0.05) is 35.9 Å². The van der Waals surface area contributed by atoms with Gasteiger partial charge in [0.1, 0.15) is 5.75 Å². The summed E-state index contributed by atoms with van der Waals surface area (Å²) in [6.07, 6.45) is 1.66. The fourth-order valence-electron chi connectivity index (χ4n) is 3.18. The number of benzene rings is 3. The molecular formula is C25H25N3O3. The zero-order chi connectivity index (χ0) is 22.2. The van der Waals surface area contributed by atoms with Crippen molar-refractivity contribution in [2.75, 3.05) is 11.9 Å². The predicted octanol–water partition coefficient (Wildman–Crippen LogP) is 4.39. The largest absolute Gasteiger partial charge is 0.484 e. The maximum atomic E-state index is 12.3. The molecule has 3 aromatic rings. The molecule has 6 nitrogen and oxygen atoms in total. The highest BCUT2D eigenvalue weighted by atomic mass is 16.5. The van der Waals surface area contributed by atoms with Gasteiger partial charge in [-0.2, -0.15) is 5.10 Å². The van der Waals surface area contributed by atoms with Crippen LogP contribution in [0.15, 0.2) is 71.8 Å². The number of carbonyl (C=O) groups is 2. The molecule has 0 aliphatic rings. The van der Waals surface area contributed by atoms with E-state index in [0.717, 1.165) is 16.7 Å². The van der Waals surface area contributed by atoms with E-state index < -0.39 is 0 Å². The van der Waals surface area contributed by atoms with Crippen LogP contribution in [0.3, 0.4) is 0 Å². The second-order valence-corrected chi connectivity index (χ2v) is 7.24. The molecule has 0 bridgehead atoms. The molecule has 3 rings (SSSR count).